The SMILES string of the molecule is CC(=O)OCCCC[n+]1ccc(C)cc1.[I-]. The molecule has 0 aliphatic rings. The summed E-state index contributed by atoms with van der Waals surface area (Å²) in [6.45, 7) is 5.02. The fraction of sp³-hybridized carbons (Fsp3) is 0.500. The molecule has 16 heavy (non-hydrogen) atoms. The minimum Gasteiger partial charge on any atom is -1.00 e. The molecular weight excluding hydrogens is 317 g/mol. The predicted octanol–water partition coefficient (Wildman–Crippen LogP) is -1.37. The third-order valence-corrected chi connectivity index (χ3v) is 2.17. The molecule has 0 unspecified atom stereocenters. The van der Waals surface area contributed by atoms with Crippen molar-refractivity contribution in [2.45, 2.75) is 33.2 Å². The molecule has 0 aliphatic heterocycles. The number of pyridine rings is 1. The predicted molar refractivity (Wildman–Crippen MR) is 57.2 cm³/mol. The molecule has 1 aromatic heterocycles. The van der Waals surface area contributed by atoms with E-state index in [4.69, 9.17) is 4.74 Å². The fourth-order valence-corrected chi connectivity index (χ4v) is 1.29. The van der Waals surface area contributed by atoms with Crippen LogP contribution in [0.4, 0.5) is 0 Å². The minimum absolute atomic E-state index is 0. The van der Waals surface area contributed by atoms with Crippen LogP contribution in [0, 0.1) is 6.92 Å². The van der Waals surface area contributed by atoms with Crippen LogP contribution in [-0.2, 0) is 16.1 Å². The normalized spacial score (nSPS) is 9.38. The average Bonchev–Trinajstić information content (AvgIpc) is 2.20. The van der Waals surface area contributed by atoms with Crippen LogP contribution < -0.4 is 28.5 Å². The van der Waals surface area contributed by atoms with Crippen molar-refractivity contribution in [2.24, 2.45) is 0 Å². The second-order valence-electron chi connectivity index (χ2n) is 3.66. The third kappa shape index (κ3) is 6.76. The smallest absolute Gasteiger partial charge is 0.302 e. The molecule has 0 saturated heterocycles. The number of carbonyl (C=O) groups excluding carboxylic acids is 1. The van der Waals surface area contributed by atoms with Crippen LogP contribution in [0.25, 0.3) is 0 Å². The Morgan fingerprint density at radius 2 is 1.94 bits per heavy atom. The molecule has 3 nitrogen and oxygen atoms in total. The van der Waals surface area contributed by atoms with Crippen molar-refractivity contribution in [3.63, 3.8) is 0 Å². The lowest BCUT2D eigenvalue weighted by molar-refractivity contribution is -0.697. The highest BCUT2D eigenvalue weighted by Gasteiger charge is 1.99. The third-order valence-electron chi connectivity index (χ3n) is 2.17. The van der Waals surface area contributed by atoms with Crippen LogP contribution >= 0.6 is 0 Å². The Kier molecular flexibility index (Phi) is 8.15. The summed E-state index contributed by atoms with van der Waals surface area (Å²) in [5.74, 6) is -0.196. The number of unbranched alkanes of at least 4 members (excludes halogenated alkanes) is 1. The van der Waals surface area contributed by atoms with Gasteiger partial charge in [0.2, 0.25) is 0 Å². The molecule has 0 amide bonds. The van der Waals surface area contributed by atoms with Crippen molar-refractivity contribution in [3.05, 3.63) is 30.1 Å². The van der Waals surface area contributed by atoms with Crippen LogP contribution in [0.3, 0.4) is 0 Å². The largest absolute Gasteiger partial charge is 1.00 e. The summed E-state index contributed by atoms with van der Waals surface area (Å²) in [6.07, 6.45) is 6.09. The zero-order chi connectivity index (χ0) is 11.1. The van der Waals surface area contributed by atoms with Crippen LogP contribution in [0.2, 0.25) is 0 Å². The first-order valence-electron chi connectivity index (χ1n) is 5.27. The Labute approximate surface area is 114 Å². The molecule has 0 radical (unpaired) electrons. The Morgan fingerprint density at radius 1 is 1.31 bits per heavy atom. The number of hydrogen-bond donors (Lipinski definition) is 0. The number of carbonyl (C=O) groups is 1. The van der Waals surface area contributed by atoms with Crippen LogP contribution in [0.1, 0.15) is 25.3 Å². The highest BCUT2D eigenvalue weighted by Crippen LogP contribution is 1.93. The summed E-state index contributed by atoms with van der Waals surface area (Å²) in [4.78, 5) is 10.5. The van der Waals surface area contributed by atoms with Gasteiger partial charge in [-0.15, -0.1) is 0 Å². The second-order valence-corrected chi connectivity index (χ2v) is 3.66. The number of rotatable bonds is 5. The van der Waals surface area contributed by atoms with Crippen molar-refractivity contribution in [3.8, 4) is 0 Å². The lowest BCUT2D eigenvalue weighted by atomic mass is 10.3. The van der Waals surface area contributed by atoms with E-state index >= 15 is 0 Å². The number of halogens is 1. The maximum Gasteiger partial charge on any atom is 0.302 e. The lowest BCUT2D eigenvalue weighted by Crippen LogP contribution is -3.00. The maximum absolute atomic E-state index is 10.5. The van der Waals surface area contributed by atoms with Gasteiger partial charge in [-0.3, -0.25) is 4.79 Å². The summed E-state index contributed by atoms with van der Waals surface area (Å²) in [7, 11) is 0. The van der Waals surface area contributed by atoms with E-state index < -0.39 is 0 Å². The number of nitrogens with zero attached hydrogens (tertiary/aromatic N) is 1. The van der Waals surface area contributed by atoms with Gasteiger partial charge in [0.05, 0.1) is 6.61 Å². The van der Waals surface area contributed by atoms with Gasteiger partial charge >= 0.3 is 5.97 Å². The van der Waals surface area contributed by atoms with Crippen molar-refractivity contribution in [1.29, 1.82) is 0 Å². The number of ether oxygens (including phenoxy) is 1. The Hall–Kier alpha value is -0.650. The zero-order valence-electron chi connectivity index (χ0n) is 9.78. The molecule has 0 aliphatic carbocycles. The van der Waals surface area contributed by atoms with Crippen molar-refractivity contribution >= 4 is 5.97 Å². The monoisotopic (exact) mass is 335 g/mol. The van der Waals surface area contributed by atoms with Crippen LogP contribution in [0.5, 0.6) is 0 Å². The quantitative estimate of drug-likeness (QED) is 0.288. The van der Waals surface area contributed by atoms with E-state index in [-0.39, 0.29) is 29.9 Å². The van der Waals surface area contributed by atoms with Gasteiger partial charge < -0.3 is 28.7 Å². The molecule has 0 spiro atoms. The number of aromatic nitrogens is 1. The lowest BCUT2D eigenvalue weighted by Gasteiger charge is -2.00. The van der Waals surface area contributed by atoms with Gasteiger partial charge in [-0.2, -0.15) is 0 Å². The van der Waals surface area contributed by atoms with Crippen molar-refractivity contribution in [1.82, 2.24) is 0 Å². The van der Waals surface area contributed by atoms with Gasteiger partial charge in [0.1, 0.15) is 6.54 Å². The van der Waals surface area contributed by atoms with E-state index in [0.29, 0.717) is 6.61 Å². The first-order valence-corrected chi connectivity index (χ1v) is 5.27. The molecule has 1 rings (SSSR count). The Bertz CT molecular complexity index is 311. The zero-order valence-corrected chi connectivity index (χ0v) is 11.9. The van der Waals surface area contributed by atoms with E-state index in [1.54, 1.807) is 0 Å². The molecule has 0 aromatic carbocycles. The van der Waals surface area contributed by atoms with Gasteiger partial charge in [0, 0.05) is 25.5 Å². The van der Waals surface area contributed by atoms with Gasteiger partial charge in [0.25, 0.3) is 0 Å². The second kappa shape index (κ2) is 8.50. The van der Waals surface area contributed by atoms with Gasteiger partial charge in [0.15, 0.2) is 12.4 Å². The molecule has 0 atom stereocenters. The van der Waals surface area contributed by atoms with Gasteiger partial charge in [-0.25, -0.2) is 4.57 Å². The average molecular weight is 335 g/mol. The Morgan fingerprint density at radius 3 is 2.50 bits per heavy atom. The van der Waals surface area contributed by atoms with Gasteiger partial charge in [-0.05, 0) is 18.9 Å². The highest BCUT2D eigenvalue weighted by molar-refractivity contribution is 5.65. The molecule has 0 saturated carbocycles. The van der Waals surface area contributed by atoms with E-state index in [1.807, 2.05) is 0 Å². The topological polar surface area (TPSA) is 30.2 Å². The Balaban J connectivity index is 0.00000225. The van der Waals surface area contributed by atoms with Crippen LogP contribution in [0.15, 0.2) is 24.5 Å². The maximum atomic E-state index is 10.5. The molecule has 1 heterocycles. The molecule has 0 fully saturated rings. The summed E-state index contributed by atoms with van der Waals surface area (Å²) in [5.41, 5.74) is 1.27. The number of hydrogen-bond acceptors (Lipinski definition) is 2. The first-order chi connectivity index (χ1) is 7.18. The van der Waals surface area contributed by atoms with E-state index in [9.17, 15) is 4.79 Å². The minimum atomic E-state index is -0.196. The standard InChI is InChI=1S/C12H18NO2.HI/c1-11-5-8-13(9-6-11)7-3-4-10-15-12(2)14;/h5-6,8-9H,3-4,7,10H2,1-2H3;1H/q+1;/p-1. The van der Waals surface area contributed by atoms with E-state index in [2.05, 4.69) is 36.0 Å². The number of esters is 1. The fourth-order valence-electron chi connectivity index (χ4n) is 1.29. The van der Waals surface area contributed by atoms with E-state index in [1.165, 1.54) is 12.5 Å². The molecule has 0 N–H and O–H groups in total. The highest BCUT2D eigenvalue weighted by atomic mass is 127. The summed E-state index contributed by atoms with van der Waals surface area (Å²) in [5, 5.41) is 0. The molecule has 0 bridgehead atoms. The number of aryl methyl sites for hydroxylation is 2. The van der Waals surface area contributed by atoms with E-state index in [0.717, 1.165) is 19.4 Å². The molecule has 1 aromatic rings. The first kappa shape index (κ1) is 15.3. The summed E-state index contributed by atoms with van der Waals surface area (Å²) < 4.78 is 6.99. The molecule has 4 heteroatoms. The van der Waals surface area contributed by atoms with Gasteiger partial charge in [-0.1, -0.05) is 0 Å². The van der Waals surface area contributed by atoms with Crippen molar-refractivity contribution in [2.75, 3.05) is 6.61 Å². The summed E-state index contributed by atoms with van der Waals surface area (Å²) in [6, 6.07) is 4.18. The van der Waals surface area contributed by atoms with Crippen molar-refractivity contribution < 1.29 is 38.1 Å². The summed E-state index contributed by atoms with van der Waals surface area (Å²) >= 11 is 0. The molecular formula is C12H18INO2. The van der Waals surface area contributed by atoms with Crippen LogP contribution in [-0.4, -0.2) is 12.6 Å². The molecule has 90 valence electrons.